The molecule has 0 aliphatic heterocycles. The maximum atomic E-state index is 12.0. The van der Waals surface area contributed by atoms with Crippen molar-refractivity contribution in [2.24, 2.45) is 0 Å². The van der Waals surface area contributed by atoms with Crippen molar-refractivity contribution in [2.75, 3.05) is 11.1 Å². The Morgan fingerprint density at radius 1 is 1.39 bits per heavy atom. The number of amides is 1. The molecular weight excluding hydrogens is 250 g/mol. The highest BCUT2D eigenvalue weighted by Gasteiger charge is 2.11. The van der Waals surface area contributed by atoms with Gasteiger partial charge in [0.1, 0.15) is 0 Å². The number of pyridine rings is 1. The lowest BCUT2D eigenvalue weighted by atomic mass is 10.2. The zero-order chi connectivity index (χ0) is 13.1. The van der Waals surface area contributed by atoms with E-state index in [9.17, 15) is 4.79 Å². The first kappa shape index (κ1) is 12.4. The number of halogens is 1. The van der Waals surface area contributed by atoms with Crippen LogP contribution in [-0.2, 0) is 0 Å². The number of hydrogen-bond acceptors (Lipinski definition) is 3. The molecule has 5 heteroatoms. The highest BCUT2D eigenvalue weighted by Crippen LogP contribution is 2.23. The van der Waals surface area contributed by atoms with E-state index in [1.165, 1.54) is 12.4 Å². The molecule has 2 aromatic rings. The van der Waals surface area contributed by atoms with Gasteiger partial charge in [-0.25, -0.2) is 0 Å². The van der Waals surface area contributed by atoms with Gasteiger partial charge < -0.3 is 11.1 Å². The van der Waals surface area contributed by atoms with Crippen molar-refractivity contribution in [3.8, 4) is 0 Å². The number of nitrogens with two attached hydrogens (primary N) is 1. The quantitative estimate of drug-likeness (QED) is 0.873. The van der Waals surface area contributed by atoms with Crippen LogP contribution in [0, 0.1) is 6.92 Å². The number of aryl methyl sites for hydroxylation is 1. The van der Waals surface area contributed by atoms with Gasteiger partial charge in [0.25, 0.3) is 5.91 Å². The molecule has 0 saturated heterocycles. The summed E-state index contributed by atoms with van der Waals surface area (Å²) in [4.78, 5) is 15.9. The summed E-state index contributed by atoms with van der Waals surface area (Å²) in [5, 5.41) is 3.20. The largest absolute Gasteiger partial charge is 0.398 e. The van der Waals surface area contributed by atoms with Crippen LogP contribution >= 0.6 is 11.6 Å². The van der Waals surface area contributed by atoms with Crippen LogP contribution in [0.4, 0.5) is 11.4 Å². The molecule has 4 nitrogen and oxygen atoms in total. The molecule has 0 atom stereocenters. The van der Waals surface area contributed by atoms with Crippen LogP contribution in [0.5, 0.6) is 0 Å². The van der Waals surface area contributed by atoms with Gasteiger partial charge in [0.05, 0.1) is 16.3 Å². The normalized spacial score (nSPS) is 10.1. The molecule has 3 N–H and O–H groups in total. The van der Waals surface area contributed by atoms with Crippen LogP contribution in [0.2, 0.25) is 5.02 Å². The molecule has 92 valence electrons. The maximum absolute atomic E-state index is 12.0. The Kier molecular flexibility index (Phi) is 3.48. The number of rotatable bonds is 2. The topological polar surface area (TPSA) is 68.0 Å². The maximum Gasteiger partial charge on any atom is 0.259 e. The first-order chi connectivity index (χ1) is 8.58. The third-order valence-corrected chi connectivity index (χ3v) is 2.80. The van der Waals surface area contributed by atoms with Crippen molar-refractivity contribution in [3.05, 3.63) is 52.8 Å². The van der Waals surface area contributed by atoms with Crippen LogP contribution in [-0.4, -0.2) is 10.9 Å². The number of benzene rings is 1. The summed E-state index contributed by atoms with van der Waals surface area (Å²) >= 11 is 6.01. The van der Waals surface area contributed by atoms with E-state index in [-0.39, 0.29) is 5.91 Å². The summed E-state index contributed by atoms with van der Waals surface area (Å²) in [5.41, 5.74) is 7.99. The third kappa shape index (κ3) is 2.60. The first-order valence-corrected chi connectivity index (χ1v) is 5.72. The van der Waals surface area contributed by atoms with Crippen molar-refractivity contribution in [1.29, 1.82) is 0 Å². The summed E-state index contributed by atoms with van der Waals surface area (Å²) in [6.45, 7) is 1.92. The summed E-state index contributed by atoms with van der Waals surface area (Å²) < 4.78 is 0. The SMILES string of the molecule is Cc1ccc(Cl)c(NC(=O)c2cnccc2N)c1. The number of nitrogens with zero attached hydrogens (tertiary/aromatic N) is 1. The molecule has 0 bridgehead atoms. The van der Waals surface area contributed by atoms with Gasteiger partial charge in [0, 0.05) is 18.1 Å². The standard InChI is InChI=1S/C13H12ClN3O/c1-8-2-3-10(14)12(6-8)17-13(18)9-7-16-5-4-11(9)15/h2-7H,1H3,(H2,15,16)(H,17,18). The molecule has 18 heavy (non-hydrogen) atoms. The summed E-state index contributed by atoms with van der Waals surface area (Å²) in [7, 11) is 0. The van der Waals surface area contributed by atoms with Crippen molar-refractivity contribution >= 4 is 28.9 Å². The van der Waals surface area contributed by atoms with Gasteiger partial charge in [-0.05, 0) is 30.7 Å². The third-order valence-electron chi connectivity index (χ3n) is 2.47. The minimum atomic E-state index is -0.326. The minimum absolute atomic E-state index is 0.326. The number of hydrogen-bond donors (Lipinski definition) is 2. The van der Waals surface area contributed by atoms with Crippen LogP contribution < -0.4 is 11.1 Å². The molecule has 0 aliphatic carbocycles. The Morgan fingerprint density at radius 2 is 2.17 bits per heavy atom. The van der Waals surface area contributed by atoms with Crippen LogP contribution in [0.15, 0.2) is 36.7 Å². The van der Waals surface area contributed by atoms with Crippen molar-refractivity contribution < 1.29 is 4.79 Å². The van der Waals surface area contributed by atoms with E-state index in [0.717, 1.165) is 5.56 Å². The molecular formula is C13H12ClN3O. The first-order valence-electron chi connectivity index (χ1n) is 5.35. The molecule has 0 radical (unpaired) electrons. The molecule has 1 amide bonds. The fourth-order valence-electron chi connectivity index (χ4n) is 1.52. The van der Waals surface area contributed by atoms with Crippen LogP contribution in [0.1, 0.15) is 15.9 Å². The minimum Gasteiger partial charge on any atom is -0.398 e. The number of carbonyl (C=O) groups is 1. The van der Waals surface area contributed by atoms with E-state index in [1.54, 1.807) is 18.2 Å². The second-order valence-electron chi connectivity index (χ2n) is 3.90. The molecule has 1 heterocycles. The second-order valence-corrected chi connectivity index (χ2v) is 4.31. The van der Waals surface area contributed by atoms with E-state index in [0.29, 0.717) is 22.0 Å². The highest BCUT2D eigenvalue weighted by molar-refractivity contribution is 6.34. The summed E-state index contributed by atoms with van der Waals surface area (Å²) in [5.74, 6) is -0.326. The summed E-state index contributed by atoms with van der Waals surface area (Å²) in [6, 6.07) is 6.98. The van der Waals surface area contributed by atoms with E-state index in [1.807, 2.05) is 13.0 Å². The Bertz CT molecular complexity index is 599. The lowest BCUT2D eigenvalue weighted by Crippen LogP contribution is -2.14. The van der Waals surface area contributed by atoms with Gasteiger partial charge in [-0.2, -0.15) is 0 Å². The Hall–Kier alpha value is -2.07. The van der Waals surface area contributed by atoms with Crippen molar-refractivity contribution in [1.82, 2.24) is 4.98 Å². The van der Waals surface area contributed by atoms with E-state index >= 15 is 0 Å². The average Bonchev–Trinajstić information content (AvgIpc) is 2.34. The molecule has 1 aromatic carbocycles. The van der Waals surface area contributed by atoms with Gasteiger partial charge >= 0.3 is 0 Å². The molecule has 1 aromatic heterocycles. The lowest BCUT2D eigenvalue weighted by molar-refractivity contribution is 0.102. The monoisotopic (exact) mass is 261 g/mol. The number of nitrogens with one attached hydrogen (secondary N) is 1. The van der Waals surface area contributed by atoms with Gasteiger partial charge in [0.2, 0.25) is 0 Å². The van der Waals surface area contributed by atoms with Gasteiger partial charge in [-0.3, -0.25) is 9.78 Å². The van der Waals surface area contributed by atoms with E-state index in [4.69, 9.17) is 17.3 Å². The van der Waals surface area contributed by atoms with E-state index < -0.39 is 0 Å². The van der Waals surface area contributed by atoms with Gasteiger partial charge in [-0.15, -0.1) is 0 Å². The fraction of sp³-hybridized carbons (Fsp3) is 0.0769. The molecule has 2 rings (SSSR count). The van der Waals surface area contributed by atoms with Crippen LogP contribution in [0.3, 0.4) is 0 Å². The smallest absolute Gasteiger partial charge is 0.259 e. The average molecular weight is 262 g/mol. The highest BCUT2D eigenvalue weighted by atomic mass is 35.5. The van der Waals surface area contributed by atoms with Crippen molar-refractivity contribution in [2.45, 2.75) is 6.92 Å². The zero-order valence-corrected chi connectivity index (χ0v) is 10.5. The predicted molar refractivity (Wildman–Crippen MR) is 72.8 cm³/mol. The number of aromatic nitrogens is 1. The van der Waals surface area contributed by atoms with Gasteiger partial charge in [0.15, 0.2) is 0 Å². The molecule has 0 fully saturated rings. The van der Waals surface area contributed by atoms with E-state index in [2.05, 4.69) is 10.3 Å². The molecule has 0 saturated carbocycles. The fourth-order valence-corrected chi connectivity index (χ4v) is 1.68. The second kappa shape index (κ2) is 5.06. The lowest BCUT2D eigenvalue weighted by Gasteiger charge is -2.09. The Labute approximate surface area is 110 Å². The van der Waals surface area contributed by atoms with Gasteiger partial charge in [-0.1, -0.05) is 17.7 Å². The molecule has 0 unspecified atom stereocenters. The zero-order valence-electron chi connectivity index (χ0n) is 9.77. The molecule has 0 spiro atoms. The predicted octanol–water partition coefficient (Wildman–Crippen LogP) is 2.88. The number of carbonyl (C=O) groups excluding carboxylic acids is 1. The van der Waals surface area contributed by atoms with Crippen molar-refractivity contribution in [3.63, 3.8) is 0 Å². The Morgan fingerprint density at radius 3 is 2.89 bits per heavy atom. The number of anilines is 2. The van der Waals surface area contributed by atoms with Crippen LogP contribution in [0.25, 0.3) is 0 Å². The molecule has 0 aliphatic rings. The Balaban J connectivity index is 2.27. The summed E-state index contributed by atoms with van der Waals surface area (Å²) in [6.07, 6.45) is 2.96. The number of nitrogen functional groups attached to an aromatic ring is 1.